The van der Waals surface area contributed by atoms with Gasteiger partial charge >= 0.3 is 5.63 Å². The molecule has 0 spiro atoms. The van der Waals surface area contributed by atoms with Crippen molar-refractivity contribution in [2.24, 2.45) is 5.41 Å². The highest BCUT2D eigenvalue weighted by molar-refractivity contribution is 6.01. The van der Waals surface area contributed by atoms with E-state index in [1.54, 1.807) is 13.2 Å². The zero-order chi connectivity index (χ0) is 21.0. The number of Topliss-reactive ketones (excluding diaryl/α,β-unsaturated/α-hetero) is 1. The third-order valence-corrected chi connectivity index (χ3v) is 5.91. The van der Waals surface area contributed by atoms with Gasteiger partial charge in [-0.2, -0.15) is 0 Å². The zero-order valence-corrected chi connectivity index (χ0v) is 17.2. The maximum absolute atomic E-state index is 13.3. The summed E-state index contributed by atoms with van der Waals surface area (Å²) in [6, 6.07) is 14.8. The third-order valence-electron chi connectivity index (χ3n) is 5.91. The van der Waals surface area contributed by atoms with E-state index in [2.05, 4.69) is 13.8 Å². The van der Waals surface area contributed by atoms with E-state index in [-0.39, 0.29) is 11.2 Å². The van der Waals surface area contributed by atoms with Crippen LogP contribution in [-0.4, -0.2) is 12.9 Å². The monoisotopic (exact) mass is 402 g/mol. The van der Waals surface area contributed by atoms with Gasteiger partial charge in [0.25, 0.3) is 0 Å². The predicted molar refractivity (Wildman–Crippen MR) is 113 cm³/mol. The summed E-state index contributed by atoms with van der Waals surface area (Å²) in [5, 5.41) is 0.724. The number of methoxy groups -OCH3 is 1. The fourth-order valence-corrected chi connectivity index (χ4v) is 4.61. The highest BCUT2D eigenvalue weighted by Gasteiger charge is 2.44. The molecule has 0 N–H and O–H groups in total. The number of carbonyl (C=O) groups is 1. The van der Waals surface area contributed by atoms with Crippen molar-refractivity contribution >= 4 is 16.8 Å². The van der Waals surface area contributed by atoms with Crippen LogP contribution in [0, 0.1) is 5.41 Å². The lowest BCUT2D eigenvalue weighted by Gasteiger charge is -2.38. The van der Waals surface area contributed by atoms with E-state index in [0.29, 0.717) is 46.8 Å². The van der Waals surface area contributed by atoms with E-state index in [1.807, 2.05) is 42.5 Å². The van der Waals surface area contributed by atoms with Crippen molar-refractivity contribution in [1.29, 1.82) is 0 Å². The third kappa shape index (κ3) is 2.84. The molecule has 1 aliphatic carbocycles. The molecule has 2 aliphatic rings. The minimum absolute atomic E-state index is 0.00674. The average molecular weight is 402 g/mol. The van der Waals surface area contributed by atoms with Crippen LogP contribution in [0.15, 0.2) is 69.1 Å². The maximum Gasteiger partial charge on any atom is 0.344 e. The first-order valence-corrected chi connectivity index (χ1v) is 10.0. The molecule has 0 amide bonds. The summed E-state index contributed by atoms with van der Waals surface area (Å²) in [5.74, 6) is 1.25. The molecule has 1 unspecified atom stereocenters. The summed E-state index contributed by atoms with van der Waals surface area (Å²) in [6.45, 7) is 4.12. The molecule has 1 aliphatic heterocycles. The number of allylic oxidation sites excluding steroid dienone is 2. The minimum atomic E-state index is -0.552. The van der Waals surface area contributed by atoms with Crippen LogP contribution in [0.1, 0.15) is 43.7 Å². The highest BCUT2D eigenvalue weighted by atomic mass is 16.5. The van der Waals surface area contributed by atoms with Gasteiger partial charge in [0.05, 0.1) is 24.0 Å². The van der Waals surface area contributed by atoms with Crippen molar-refractivity contribution < 1.29 is 18.7 Å². The van der Waals surface area contributed by atoms with Crippen molar-refractivity contribution in [3.05, 3.63) is 81.4 Å². The van der Waals surface area contributed by atoms with Crippen LogP contribution in [0.5, 0.6) is 11.5 Å². The Hall–Kier alpha value is -3.34. The van der Waals surface area contributed by atoms with Gasteiger partial charge in [-0.15, -0.1) is 0 Å². The molecule has 5 rings (SSSR count). The van der Waals surface area contributed by atoms with Crippen LogP contribution in [0.25, 0.3) is 11.0 Å². The molecule has 0 radical (unpaired) electrons. The summed E-state index contributed by atoms with van der Waals surface area (Å²) < 4.78 is 17.3. The molecule has 3 aromatic rings. The van der Waals surface area contributed by atoms with Gasteiger partial charge in [0.2, 0.25) is 0 Å². The number of ether oxygens (including phenoxy) is 2. The molecule has 2 heterocycles. The molecule has 2 aromatic carbocycles. The number of carbonyl (C=O) groups excluding carboxylic acids is 1. The number of ketones is 1. The fraction of sp³-hybridized carbons (Fsp3) is 0.280. The van der Waals surface area contributed by atoms with E-state index in [4.69, 9.17) is 13.9 Å². The van der Waals surface area contributed by atoms with Crippen LogP contribution >= 0.6 is 0 Å². The quantitative estimate of drug-likeness (QED) is 0.566. The largest absolute Gasteiger partial charge is 0.497 e. The van der Waals surface area contributed by atoms with Gasteiger partial charge < -0.3 is 13.9 Å². The van der Waals surface area contributed by atoms with Crippen LogP contribution in [0.4, 0.5) is 0 Å². The topological polar surface area (TPSA) is 65.7 Å². The molecule has 5 nitrogen and oxygen atoms in total. The molecule has 1 aromatic heterocycles. The van der Waals surface area contributed by atoms with E-state index < -0.39 is 11.5 Å². The second-order valence-electron chi connectivity index (χ2n) is 8.72. The number of fused-ring (bicyclic) bond motifs is 3. The molecular weight excluding hydrogens is 380 g/mol. The van der Waals surface area contributed by atoms with Gasteiger partial charge in [-0.3, -0.25) is 4.79 Å². The molecule has 152 valence electrons. The van der Waals surface area contributed by atoms with Gasteiger partial charge in [-0.1, -0.05) is 38.1 Å². The first-order chi connectivity index (χ1) is 14.4. The Kier molecular flexibility index (Phi) is 4.10. The Balaban J connectivity index is 1.84. The van der Waals surface area contributed by atoms with Gasteiger partial charge in [0, 0.05) is 18.4 Å². The van der Waals surface area contributed by atoms with Crippen molar-refractivity contribution in [2.75, 3.05) is 7.11 Å². The summed E-state index contributed by atoms with van der Waals surface area (Å²) in [5.41, 5.74) is 1.51. The number of rotatable bonds is 2. The van der Waals surface area contributed by atoms with Crippen molar-refractivity contribution in [3.63, 3.8) is 0 Å². The first-order valence-electron chi connectivity index (χ1n) is 10.0. The standard InChI is InChI=1S/C25H22O5/c1-25(2)12-17(26)21-19(13-25)29-23-16-9-4-5-10-18(16)30-24(27)22(23)20(21)14-7-6-8-15(11-14)28-3/h4-11,20H,12-13H2,1-3H3. The molecule has 0 saturated carbocycles. The zero-order valence-electron chi connectivity index (χ0n) is 17.2. The number of para-hydroxylation sites is 1. The van der Waals surface area contributed by atoms with Crippen molar-refractivity contribution in [2.45, 2.75) is 32.6 Å². The summed E-state index contributed by atoms with van der Waals surface area (Å²) in [6.07, 6.45) is 1.03. The molecule has 5 heteroatoms. The van der Waals surface area contributed by atoms with Gasteiger partial charge in [-0.25, -0.2) is 4.79 Å². The van der Waals surface area contributed by atoms with E-state index >= 15 is 0 Å². The molecule has 0 bridgehead atoms. The Morgan fingerprint density at radius 2 is 1.83 bits per heavy atom. The van der Waals surface area contributed by atoms with Crippen LogP contribution in [0.2, 0.25) is 0 Å². The Labute approximate surface area is 173 Å². The summed E-state index contributed by atoms with van der Waals surface area (Å²) in [7, 11) is 1.60. The van der Waals surface area contributed by atoms with Crippen molar-refractivity contribution in [1.82, 2.24) is 0 Å². The van der Waals surface area contributed by atoms with E-state index in [0.717, 1.165) is 10.9 Å². The Morgan fingerprint density at radius 1 is 1.03 bits per heavy atom. The lowest BCUT2D eigenvalue weighted by atomic mass is 9.70. The normalized spacial score (nSPS) is 19.8. The Bertz CT molecular complexity index is 1280. The maximum atomic E-state index is 13.3. The van der Waals surface area contributed by atoms with E-state index in [1.165, 1.54) is 0 Å². The van der Waals surface area contributed by atoms with Crippen LogP contribution in [-0.2, 0) is 4.79 Å². The smallest absolute Gasteiger partial charge is 0.344 e. The second kappa shape index (κ2) is 6.59. The number of hydrogen-bond donors (Lipinski definition) is 0. The van der Waals surface area contributed by atoms with Gasteiger partial charge in [-0.05, 0) is 35.2 Å². The summed E-state index contributed by atoms with van der Waals surface area (Å²) in [4.78, 5) is 26.4. The van der Waals surface area contributed by atoms with Gasteiger partial charge in [0.1, 0.15) is 22.8 Å². The lowest BCUT2D eigenvalue weighted by molar-refractivity contribution is -0.118. The summed E-state index contributed by atoms with van der Waals surface area (Å²) >= 11 is 0. The average Bonchev–Trinajstić information content (AvgIpc) is 2.71. The minimum Gasteiger partial charge on any atom is -0.497 e. The highest BCUT2D eigenvalue weighted by Crippen LogP contribution is 2.50. The molecule has 30 heavy (non-hydrogen) atoms. The SMILES string of the molecule is COc1cccc(C2C3=C(CC(C)(C)CC3=O)Oc3c2c(=O)oc2ccccc32)c1. The fourth-order valence-electron chi connectivity index (χ4n) is 4.61. The first kappa shape index (κ1) is 18.7. The second-order valence-corrected chi connectivity index (χ2v) is 8.72. The van der Waals surface area contributed by atoms with E-state index in [9.17, 15) is 9.59 Å². The lowest BCUT2D eigenvalue weighted by Crippen LogP contribution is -2.34. The molecule has 0 saturated heterocycles. The molecule has 0 fully saturated rings. The molecule has 1 atom stereocenters. The number of benzene rings is 2. The van der Waals surface area contributed by atoms with Gasteiger partial charge in [0.15, 0.2) is 5.78 Å². The number of hydrogen-bond acceptors (Lipinski definition) is 5. The van der Waals surface area contributed by atoms with Crippen LogP contribution < -0.4 is 15.1 Å². The molecular formula is C25H22O5. The van der Waals surface area contributed by atoms with Crippen molar-refractivity contribution in [3.8, 4) is 11.5 Å². The predicted octanol–water partition coefficient (Wildman–Crippen LogP) is 4.97. The van der Waals surface area contributed by atoms with Crippen LogP contribution in [0.3, 0.4) is 0 Å². The Morgan fingerprint density at radius 3 is 2.63 bits per heavy atom.